The Kier molecular flexibility index (Phi) is 5.86. The second kappa shape index (κ2) is 8.49. The van der Waals surface area contributed by atoms with E-state index in [1.54, 1.807) is 19.4 Å². The summed E-state index contributed by atoms with van der Waals surface area (Å²) in [6.45, 7) is 2.32. The molecule has 0 saturated heterocycles. The van der Waals surface area contributed by atoms with Crippen molar-refractivity contribution < 1.29 is 9.53 Å². The minimum Gasteiger partial charge on any atom is -0.497 e. The predicted molar refractivity (Wildman–Crippen MR) is 105 cm³/mol. The topological polar surface area (TPSA) is 73.2 Å². The number of hydrogen-bond acceptors (Lipinski definition) is 4. The molecule has 0 unspecified atom stereocenters. The van der Waals surface area contributed by atoms with E-state index in [9.17, 15) is 9.59 Å². The van der Waals surface area contributed by atoms with Gasteiger partial charge in [-0.15, -0.1) is 0 Å². The molecule has 3 aromatic rings. The molecule has 0 bridgehead atoms. The fourth-order valence-electron chi connectivity index (χ4n) is 2.95. The molecule has 2 aromatic carbocycles. The Hall–Kier alpha value is -3.15. The van der Waals surface area contributed by atoms with Crippen LogP contribution >= 0.6 is 0 Å². The molecule has 1 aromatic heterocycles. The van der Waals surface area contributed by atoms with Gasteiger partial charge in [-0.2, -0.15) is 5.10 Å². The molecule has 1 atom stereocenters. The van der Waals surface area contributed by atoms with E-state index in [1.165, 1.54) is 4.68 Å². The number of amides is 1. The molecule has 1 amide bonds. The fourth-order valence-corrected chi connectivity index (χ4v) is 2.95. The maximum atomic E-state index is 12.6. The Bertz CT molecular complexity index is 980. The van der Waals surface area contributed by atoms with Gasteiger partial charge in [0.15, 0.2) is 0 Å². The van der Waals surface area contributed by atoms with Crippen LogP contribution in [0.5, 0.6) is 5.75 Å². The van der Waals surface area contributed by atoms with Gasteiger partial charge in [-0.25, -0.2) is 4.68 Å². The number of carbonyl (C=O) groups is 1. The number of carbonyl (C=O) groups excluding carboxylic acids is 1. The van der Waals surface area contributed by atoms with Crippen molar-refractivity contribution in [3.05, 3.63) is 70.6 Å². The second-order valence-corrected chi connectivity index (χ2v) is 6.42. The van der Waals surface area contributed by atoms with Gasteiger partial charge in [-0.3, -0.25) is 9.59 Å². The number of nitrogens with one attached hydrogen (secondary N) is 1. The molecule has 0 aliphatic rings. The lowest BCUT2D eigenvalue weighted by molar-refractivity contribution is -0.121. The summed E-state index contributed by atoms with van der Waals surface area (Å²) in [6.07, 6.45) is 2.67. The van der Waals surface area contributed by atoms with Gasteiger partial charge in [0, 0.05) is 11.4 Å². The molecule has 0 fully saturated rings. The number of ether oxygens (including phenoxy) is 1. The van der Waals surface area contributed by atoms with Gasteiger partial charge in [0.2, 0.25) is 5.91 Å². The monoisotopic (exact) mass is 365 g/mol. The summed E-state index contributed by atoms with van der Waals surface area (Å²) in [5, 5.41) is 8.69. The van der Waals surface area contributed by atoms with Crippen molar-refractivity contribution in [1.29, 1.82) is 0 Å². The summed E-state index contributed by atoms with van der Waals surface area (Å²) in [7, 11) is 1.61. The molecule has 0 saturated carbocycles. The molecule has 1 N–H and O–H groups in total. The number of aromatic nitrogens is 2. The summed E-state index contributed by atoms with van der Waals surface area (Å²) in [5.74, 6) is 0.674. The molecular weight excluding hydrogens is 342 g/mol. The van der Waals surface area contributed by atoms with E-state index in [2.05, 4.69) is 10.4 Å². The van der Waals surface area contributed by atoms with E-state index >= 15 is 0 Å². The molecule has 6 heteroatoms. The summed E-state index contributed by atoms with van der Waals surface area (Å²) in [6, 6.07) is 14.6. The van der Waals surface area contributed by atoms with E-state index in [1.807, 2.05) is 49.4 Å². The van der Waals surface area contributed by atoms with E-state index in [0.717, 1.165) is 16.7 Å². The number of fused-ring (bicyclic) bond motifs is 1. The third-order valence-corrected chi connectivity index (χ3v) is 4.54. The van der Waals surface area contributed by atoms with Crippen LogP contribution in [-0.2, 0) is 17.8 Å². The highest BCUT2D eigenvalue weighted by Gasteiger charge is 2.14. The highest BCUT2D eigenvalue weighted by Crippen LogP contribution is 2.12. The third kappa shape index (κ3) is 4.53. The first kappa shape index (κ1) is 18.6. The molecule has 140 valence electrons. The first-order chi connectivity index (χ1) is 13.1. The van der Waals surface area contributed by atoms with Crippen molar-refractivity contribution in [3.63, 3.8) is 0 Å². The van der Waals surface area contributed by atoms with Gasteiger partial charge < -0.3 is 10.1 Å². The van der Waals surface area contributed by atoms with Gasteiger partial charge in [0.05, 0.1) is 31.7 Å². The van der Waals surface area contributed by atoms with Crippen LogP contribution in [-0.4, -0.2) is 28.8 Å². The van der Waals surface area contributed by atoms with Crippen LogP contribution in [0.3, 0.4) is 0 Å². The van der Waals surface area contributed by atoms with Crippen LogP contribution in [0.15, 0.2) is 59.5 Å². The van der Waals surface area contributed by atoms with Gasteiger partial charge >= 0.3 is 0 Å². The van der Waals surface area contributed by atoms with Crippen molar-refractivity contribution >= 4 is 16.7 Å². The van der Waals surface area contributed by atoms with E-state index in [0.29, 0.717) is 18.4 Å². The fraction of sp³-hybridized carbons (Fsp3) is 0.286. The standard InChI is InChI=1S/C21H23N3O3/c1-3-17(23-20(25)12-15-8-10-18(27-2)11-9-15)14-24-21(26)19-7-5-4-6-16(19)13-22-24/h4-11,13,17H,3,12,14H2,1-2H3,(H,23,25)/t17-/m1/s1. The summed E-state index contributed by atoms with van der Waals surface area (Å²) in [4.78, 5) is 25.0. The molecule has 3 rings (SSSR count). The number of rotatable bonds is 7. The number of nitrogens with zero attached hydrogens (tertiary/aromatic N) is 2. The Morgan fingerprint density at radius 3 is 2.63 bits per heavy atom. The third-order valence-electron chi connectivity index (χ3n) is 4.54. The van der Waals surface area contributed by atoms with Crippen molar-refractivity contribution in [2.45, 2.75) is 32.4 Å². The Labute approximate surface area is 157 Å². The lowest BCUT2D eigenvalue weighted by atomic mass is 10.1. The van der Waals surface area contributed by atoms with Crippen molar-refractivity contribution in [1.82, 2.24) is 15.1 Å². The summed E-state index contributed by atoms with van der Waals surface area (Å²) >= 11 is 0. The average molecular weight is 365 g/mol. The zero-order chi connectivity index (χ0) is 19.2. The van der Waals surface area contributed by atoms with Crippen molar-refractivity contribution in [2.75, 3.05) is 7.11 Å². The molecule has 6 nitrogen and oxygen atoms in total. The van der Waals surface area contributed by atoms with E-state index in [-0.39, 0.29) is 23.9 Å². The molecule has 1 heterocycles. The highest BCUT2D eigenvalue weighted by molar-refractivity contribution is 5.80. The van der Waals surface area contributed by atoms with Gasteiger partial charge in [0.25, 0.3) is 5.56 Å². The number of methoxy groups -OCH3 is 1. The number of hydrogen-bond donors (Lipinski definition) is 1. The van der Waals surface area contributed by atoms with Crippen LogP contribution in [0.1, 0.15) is 18.9 Å². The number of benzene rings is 2. The normalized spacial score (nSPS) is 11.9. The maximum absolute atomic E-state index is 12.6. The average Bonchev–Trinajstić information content (AvgIpc) is 2.70. The largest absolute Gasteiger partial charge is 0.497 e. The quantitative estimate of drug-likeness (QED) is 0.698. The first-order valence-electron chi connectivity index (χ1n) is 8.98. The summed E-state index contributed by atoms with van der Waals surface area (Å²) in [5.41, 5.74) is 0.764. The molecule has 0 aliphatic heterocycles. The van der Waals surface area contributed by atoms with Crippen LogP contribution in [0, 0.1) is 0 Å². The Morgan fingerprint density at radius 2 is 1.93 bits per heavy atom. The predicted octanol–water partition coefficient (Wildman–Crippen LogP) is 2.54. The van der Waals surface area contributed by atoms with Crippen LogP contribution < -0.4 is 15.6 Å². The summed E-state index contributed by atoms with van der Waals surface area (Å²) < 4.78 is 6.55. The minimum absolute atomic E-state index is 0.0825. The first-order valence-corrected chi connectivity index (χ1v) is 8.98. The zero-order valence-corrected chi connectivity index (χ0v) is 15.5. The van der Waals surface area contributed by atoms with Crippen LogP contribution in [0.25, 0.3) is 10.8 Å². The molecular formula is C21H23N3O3. The molecule has 0 aliphatic carbocycles. The molecule has 27 heavy (non-hydrogen) atoms. The lowest BCUT2D eigenvalue weighted by Crippen LogP contribution is -2.41. The molecule has 0 radical (unpaired) electrons. The Balaban J connectivity index is 1.67. The van der Waals surface area contributed by atoms with Crippen molar-refractivity contribution in [3.8, 4) is 5.75 Å². The minimum atomic E-state index is -0.165. The lowest BCUT2D eigenvalue weighted by Gasteiger charge is -2.18. The van der Waals surface area contributed by atoms with Crippen LogP contribution in [0.2, 0.25) is 0 Å². The second-order valence-electron chi connectivity index (χ2n) is 6.42. The Morgan fingerprint density at radius 1 is 1.19 bits per heavy atom. The highest BCUT2D eigenvalue weighted by atomic mass is 16.5. The molecule has 0 spiro atoms. The van der Waals surface area contributed by atoms with Crippen LogP contribution in [0.4, 0.5) is 0 Å². The van der Waals surface area contributed by atoms with Crippen molar-refractivity contribution in [2.24, 2.45) is 0 Å². The zero-order valence-electron chi connectivity index (χ0n) is 15.5. The van der Waals surface area contributed by atoms with E-state index in [4.69, 9.17) is 4.74 Å². The van der Waals surface area contributed by atoms with Gasteiger partial charge in [0.1, 0.15) is 5.75 Å². The van der Waals surface area contributed by atoms with Gasteiger partial charge in [-0.05, 0) is 30.2 Å². The van der Waals surface area contributed by atoms with Gasteiger partial charge in [-0.1, -0.05) is 37.3 Å². The SMILES string of the molecule is CC[C@H](Cn1ncc2ccccc2c1=O)NC(=O)Cc1ccc(OC)cc1. The maximum Gasteiger partial charge on any atom is 0.274 e. The van der Waals surface area contributed by atoms with E-state index < -0.39 is 0 Å². The smallest absolute Gasteiger partial charge is 0.274 e.